The lowest BCUT2D eigenvalue weighted by molar-refractivity contribution is -0.133. The molecule has 4 rings (SSSR count). The second kappa shape index (κ2) is 8.95. The fraction of sp³-hybridized carbons (Fsp3) is 0.483. The molecule has 1 aliphatic heterocycles. The first kappa shape index (κ1) is 24.6. The number of hydrogen-bond acceptors (Lipinski definition) is 5. The van der Waals surface area contributed by atoms with Crippen LogP contribution in [0.5, 0.6) is 0 Å². The highest BCUT2D eigenvalue weighted by Gasteiger charge is 2.45. The molecule has 34 heavy (non-hydrogen) atoms. The van der Waals surface area contributed by atoms with E-state index in [0.29, 0.717) is 31.7 Å². The van der Waals surface area contributed by atoms with E-state index in [9.17, 15) is 5.11 Å². The molecule has 2 heterocycles. The summed E-state index contributed by atoms with van der Waals surface area (Å²) < 4.78 is 12.6. The Morgan fingerprint density at radius 1 is 0.971 bits per heavy atom. The summed E-state index contributed by atoms with van der Waals surface area (Å²) in [5, 5.41) is 19.4. The van der Waals surface area contributed by atoms with Crippen LogP contribution in [0, 0.1) is 6.92 Å². The van der Waals surface area contributed by atoms with Crippen molar-refractivity contribution in [2.75, 3.05) is 19.8 Å². The average Bonchev–Trinajstić information content (AvgIpc) is 3.31. The molecule has 5 heteroatoms. The Morgan fingerprint density at radius 3 is 2.15 bits per heavy atom. The Bertz CT molecular complexity index is 1120. The van der Waals surface area contributed by atoms with Crippen LogP contribution in [0.25, 0.3) is 5.57 Å². The highest BCUT2D eigenvalue weighted by Crippen LogP contribution is 2.46. The molecule has 1 fully saturated rings. The summed E-state index contributed by atoms with van der Waals surface area (Å²) in [7, 11) is 0. The van der Waals surface area contributed by atoms with Gasteiger partial charge in [-0.2, -0.15) is 0 Å². The van der Waals surface area contributed by atoms with Gasteiger partial charge in [0.15, 0.2) is 0 Å². The third-order valence-electron chi connectivity index (χ3n) is 7.26. The number of aryl methyl sites for hydroxylation is 1. The molecule has 1 aromatic heterocycles. The number of aliphatic hydroxyl groups excluding tert-OH is 2. The van der Waals surface area contributed by atoms with Crippen molar-refractivity contribution in [1.82, 2.24) is 4.98 Å². The molecule has 5 nitrogen and oxygen atoms in total. The van der Waals surface area contributed by atoms with Crippen LogP contribution in [-0.2, 0) is 26.1 Å². The molecule has 0 amide bonds. The van der Waals surface area contributed by atoms with Gasteiger partial charge in [-0.1, -0.05) is 52.0 Å². The van der Waals surface area contributed by atoms with E-state index in [2.05, 4.69) is 58.9 Å². The van der Waals surface area contributed by atoms with E-state index in [1.807, 2.05) is 19.1 Å². The highest BCUT2D eigenvalue weighted by atomic mass is 16.7. The standard InChI is InChI=1S/C29H37NO4/c1-19-16-23-24(28(5,6)12-11-27(23,3)4)17-22(19)29(33-14-15-34-29)26-10-9-21(18-30-26)20(2)25(32)8-7-13-31/h9-12,16-18,31-32H,7-8,13-15H2,1-6H3/b25-20-. The van der Waals surface area contributed by atoms with Crippen LogP contribution in [0.2, 0.25) is 0 Å². The minimum absolute atomic E-state index is 0.0412. The van der Waals surface area contributed by atoms with Crippen molar-refractivity contribution in [3.8, 4) is 0 Å². The van der Waals surface area contributed by atoms with Crippen molar-refractivity contribution in [2.45, 2.75) is 71.0 Å². The fourth-order valence-corrected chi connectivity index (χ4v) is 4.99. The van der Waals surface area contributed by atoms with Crippen molar-refractivity contribution in [3.63, 3.8) is 0 Å². The summed E-state index contributed by atoms with van der Waals surface area (Å²) in [6, 6.07) is 8.41. The summed E-state index contributed by atoms with van der Waals surface area (Å²) >= 11 is 0. The molecule has 0 radical (unpaired) electrons. The van der Waals surface area contributed by atoms with E-state index in [0.717, 1.165) is 22.3 Å². The maximum absolute atomic E-state index is 10.3. The van der Waals surface area contributed by atoms with E-state index in [1.165, 1.54) is 11.1 Å². The number of aromatic nitrogens is 1. The summed E-state index contributed by atoms with van der Waals surface area (Å²) in [4.78, 5) is 4.75. The maximum Gasteiger partial charge on any atom is 0.240 e. The molecule has 182 valence electrons. The summed E-state index contributed by atoms with van der Waals surface area (Å²) in [5.74, 6) is -0.787. The first-order valence-corrected chi connectivity index (χ1v) is 12.1. The van der Waals surface area contributed by atoms with Gasteiger partial charge in [0.25, 0.3) is 0 Å². The number of ether oxygens (including phenoxy) is 2. The molecule has 2 aromatic rings. The Kier molecular flexibility index (Phi) is 6.49. The molecule has 0 saturated carbocycles. The third-order valence-corrected chi connectivity index (χ3v) is 7.26. The van der Waals surface area contributed by atoms with Crippen LogP contribution in [0.3, 0.4) is 0 Å². The van der Waals surface area contributed by atoms with Gasteiger partial charge in [0.2, 0.25) is 5.79 Å². The van der Waals surface area contributed by atoms with E-state index in [4.69, 9.17) is 19.6 Å². The minimum Gasteiger partial charge on any atom is -0.512 e. The molecule has 1 aliphatic carbocycles. The molecular formula is C29H37NO4. The van der Waals surface area contributed by atoms with Crippen molar-refractivity contribution in [3.05, 3.63) is 81.9 Å². The van der Waals surface area contributed by atoms with Crippen LogP contribution >= 0.6 is 0 Å². The van der Waals surface area contributed by atoms with Crippen LogP contribution in [0.4, 0.5) is 0 Å². The van der Waals surface area contributed by atoms with Gasteiger partial charge in [-0.15, -0.1) is 0 Å². The summed E-state index contributed by atoms with van der Waals surface area (Å²) in [6.07, 6.45) is 7.33. The second-order valence-corrected chi connectivity index (χ2v) is 10.6. The van der Waals surface area contributed by atoms with Gasteiger partial charge in [0.05, 0.1) is 19.0 Å². The number of fused-ring (bicyclic) bond motifs is 1. The number of rotatable bonds is 6. The van der Waals surface area contributed by atoms with Gasteiger partial charge in [0.1, 0.15) is 5.69 Å². The first-order chi connectivity index (χ1) is 16.0. The first-order valence-electron chi connectivity index (χ1n) is 12.1. The number of pyridine rings is 1. The van der Waals surface area contributed by atoms with Crippen LogP contribution < -0.4 is 0 Å². The maximum atomic E-state index is 10.3. The van der Waals surface area contributed by atoms with Gasteiger partial charge < -0.3 is 19.7 Å². The van der Waals surface area contributed by atoms with Crippen LogP contribution in [-0.4, -0.2) is 35.0 Å². The van der Waals surface area contributed by atoms with Gasteiger partial charge in [-0.05, 0) is 60.2 Å². The molecule has 0 unspecified atom stereocenters. The quantitative estimate of drug-likeness (QED) is 0.417. The van der Waals surface area contributed by atoms with Gasteiger partial charge in [-0.25, -0.2) is 0 Å². The van der Waals surface area contributed by atoms with Crippen LogP contribution in [0.15, 0.2) is 48.4 Å². The molecule has 2 aliphatic rings. The fourth-order valence-electron chi connectivity index (χ4n) is 4.99. The number of allylic oxidation sites excluding steroid dienone is 4. The zero-order valence-corrected chi connectivity index (χ0v) is 21.2. The Morgan fingerprint density at radius 2 is 1.59 bits per heavy atom. The van der Waals surface area contributed by atoms with E-state index >= 15 is 0 Å². The molecule has 0 bridgehead atoms. The van der Waals surface area contributed by atoms with Gasteiger partial charge in [0, 0.05) is 35.6 Å². The highest BCUT2D eigenvalue weighted by molar-refractivity contribution is 5.65. The lowest BCUT2D eigenvalue weighted by Crippen LogP contribution is -2.34. The van der Waals surface area contributed by atoms with E-state index in [1.54, 1.807) is 6.20 Å². The number of hydrogen-bond donors (Lipinski definition) is 2. The van der Waals surface area contributed by atoms with Crippen molar-refractivity contribution in [2.24, 2.45) is 0 Å². The zero-order valence-electron chi connectivity index (χ0n) is 21.2. The normalized spacial score (nSPS) is 20.7. The summed E-state index contributed by atoms with van der Waals surface area (Å²) in [6.45, 7) is 14.0. The van der Waals surface area contributed by atoms with Gasteiger partial charge >= 0.3 is 0 Å². The molecule has 0 atom stereocenters. The molecule has 1 saturated heterocycles. The molecule has 0 spiro atoms. The SMILES string of the molecule is C/C(=C(/O)CCCO)c1ccc(C2(c3cc4c(cc3C)C(C)(C)C=CC4(C)C)OCCO2)nc1. The van der Waals surface area contributed by atoms with E-state index in [-0.39, 0.29) is 23.2 Å². The number of nitrogens with zero attached hydrogens (tertiary/aromatic N) is 1. The zero-order chi connectivity index (χ0) is 24.7. The van der Waals surface area contributed by atoms with Crippen molar-refractivity contribution < 1.29 is 19.7 Å². The van der Waals surface area contributed by atoms with E-state index < -0.39 is 5.79 Å². The second-order valence-electron chi connectivity index (χ2n) is 10.6. The predicted molar refractivity (Wildman–Crippen MR) is 135 cm³/mol. The average molecular weight is 464 g/mol. The Hall–Kier alpha value is -2.47. The Balaban J connectivity index is 1.79. The summed E-state index contributed by atoms with van der Waals surface area (Å²) in [5.41, 5.74) is 6.87. The minimum atomic E-state index is -1.06. The molecular weight excluding hydrogens is 426 g/mol. The van der Waals surface area contributed by atoms with Gasteiger partial charge in [-0.3, -0.25) is 4.98 Å². The smallest absolute Gasteiger partial charge is 0.240 e. The third kappa shape index (κ3) is 4.21. The van der Waals surface area contributed by atoms with Crippen molar-refractivity contribution in [1.29, 1.82) is 0 Å². The van der Waals surface area contributed by atoms with Crippen LogP contribution in [0.1, 0.15) is 81.0 Å². The molecule has 2 N–H and O–H groups in total. The monoisotopic (exact) mass is 463 g/mol. The Labute approximate surface area is 203 Å². The topological polar surface area (TPSA) is 71.8 Å². The number of benzene rings is 1. The lowest BCUT2D eigenvalue weighted by Gasteiger charge is -2.39. The lowest BCUT2D eigenvalue weighted by atomic mass is 9.67. The number of aliphatic hydroxyl groups is 2. The largest absolute Gasteiger partial charge is 0.512 e. The van der Waals surface area contributed by atoms with Crippen molar-refractivity contribution >= 4 is 5.57 Å². The predicted octanol–water partition coefficient (Wildman–Crippen LogP) is 5.82. The molecule has 1 aromatic carbocycles.